The molecule has 0 aromatic heterocycles. The highest BCUT2D eigenvalue weighted by molar-refractivity contribution is 5.74. The molecule has 0 unspecified atom stereocenters. The maximum Gasteiger partial charge on any atom is 0.317 e. The van der Waals surface area contributed by atoms with E-state index in [-0.39, 0.29) is 30.8 Å². The molecule has 6 nitrogen and oxygen atoms in total. The molecule has 0 saturated heterocycles. The fourth-order valence-corrected chi connectivity index (χ4v) is 2.25. The number of nitrogens with zero attached hydrogens (tertiary/aromatic N) is 2. The number of amides is 2. The Hall–Kier alpha value is -1.77. The lowest BCUT2D eigenvalue weighted by Crippen LogP contribution is -2.46. The van der Waals surface area contributed by atoms with E-state index >= 15 is 0 Å². The van der Waals surface area contributed by atoms with E-state index in [1.165, 1.54) is 0 Å². The van der Waals surface area contributed by atoms with Crippen molar-refractivity contribution in [2.45, 2.75) is 53.0 Å². The zero-order valence-corrected chi connectivity index (χ0v) is 13.4. The smallest absolute Gasteiger partial charge is 0.317 e. The fourth-order valence-electron chi connectivity index (χ4n) is 2.25. The second-order valence-corrected chi connectivity index (χ2v) is 5.97. The Morgan fingerprint density at radius 1 is 1.29 bits per heavy atom. The SMILES string of the molecule is CC(C)C[C@H](CNC(=O)N(CCC#N)C(C)C)CC(=O)O. The molecule has 0 aliphatic carbocycles. The Kier molecular flexibility index (Phi) is 9.18. The lowest BCUT2D eigenvalue weighted by atomic mass is 9.94. The van der Waals surface area contributed by atoms with E-state index in [4.69, 9.17) is 10.4 Å². The largest absolute Gasteiger partial charge is 0.481 e. The molecular weight excluding hydrogens is 270 g/mol. The van der Waals surface area contributed by atoms with Gasteiger partial charge in [0, 0.05) is 25.6 Å². The summed E-state index contributed by atoms with van der Waals surface area (Å²) in [6.07, 6.45) is 1.10. The molecule has 6 heteroatoms. The maximum atomic E-state index is 12.1. The number of urea groups is 1. The lowest BCUT2D eigenvalue weighted by Gasteiger charge is -2.27. The number of carbonyl (C=O) groups excluding carboxylic acids is 1. The molecule has 120 valence electrons. The van der Waals surface area contributed by atoms with Gasteiger partial charge in [-0.1, -0.05) is 13.8 Å². The van der Waals surface area contributed by atoms with Gasteiger partial charge in [-0.05, 0) is 32.1 Å². The van der Waals surface area contributed by atoms with Gasteiger partial charge in [0.15, 0.2) is 0 Å². The first-order chi connectivity index (χ1) is 9.77. The Morgan fingerprint density at radius 2 is 1.90 bits per heavy atom. The Labute approximate surface area is 127 Å². The minimum atomic E-state index is -0.847. The topological polar surface area (TPSA) is 93.4 Å². The van der Waals surface area contributed by atoms with E-state index in [0.717, 1.165) is 6.42 Å². The van der Waals surface area contributed by atoms with Crippen molar-refractivity contribution in [2.24, 2.45) is 11.8 Å². The molecule has 0 aliphatic heterocycles. The molecule has 0 rings (SSSR count). The summed E-state index contributed by atoms with van der Waals surface area (Å²) in [7, 11) is 0. The molecule has 0 bridgehead atoms. The molecule has 0 fully saturated rings. The predicted molar refractivity (Wildman–Crippen MR) is 80.7 cm³/mol. The average Bonchev–Trinajstić information content (AvgIpc) is 2.34. The standard InChI is InChI=1S/C15H27N3O3/c1-11(2)8-13(9-14(19)20)10-17-15(21)18(12(3)4)7-5-6-16/h11-13H,5,7-10H2,1-4H3,(H,17,21)(H,19,20)/t13-/m0/s1. The normalized spacial score (nSPS) is 12.0. The van der Waals surface area contributed by atoms with Gasteiger partial charge in [-0.25, -0.2) is 4.79 Å². The number of hydrogen-bond acceptors (Lipinski definition) is 3. The number of carboxylic acids is 1. The first-order valence-corrected chi connectivity index (χ1v) is 7.41. The molecule has 0 aromatic carbocycles. The maximum absolute atomic E-state index is 12.1. The Morgan fingerprint density at radius 3 is 2.33 bits per heavy atom. The second kappa shape index (κ2) is 10.0. The van der Waals surface area contributed by atoms with Crippen LogP contribution in [0.5, 0.6) is 0 Å². The van der Waals surface area contributed by atoms with Gasteiger partial charge in [0.2, 0.25) is 0 Å². The van der Waals surface area contributed by atoms with Crippen LogP contribution in [0.15, 0.2) is 0 Å². The summed E-state index contributed by atoms with van der Waals surface area (Å²) in [4.78, 5) is 24.6. The van der Waals surface area contributed by atoms with Crippen molar-refractivity contribution in [1.82, 2.24) is 10.2 Å². The third kappa shape index (κ3) is 8.90. The summed E-state index contributed by atoms with van der Waals surface area (Å²) in [5, 5.41) is 20.3. The summed E-state index contributed by atoms with van der Waals surface area (Å²) in [6.45, 7) is 8.57. The van der Waals surface area contributed by atoms with Gasteiger partial charge in [0.05, 0.1) is 12.5 Å². The van der Waals surface area contributed by atoms with Crippen LogP contribution in [-0.4, -0.2) is 41.1 Å². The predicted octanol–water partition coefficient (Wildman–Crippen LogP) is 2.46. The van der Waals surface area contributed by atoms with Crippen LogP contribution in [0.3, 0.4) is 0 Å². The van der Waals surface area contributed by atoms with Crippen LogP contribution in [0.1, 0.15) is 47.0 Å². The Bertz CT molecular complexity index is 375. The van der Waals surface area contributed by atoms with Crippen molar-refractivity contribution in [3.8, 4) is 6.07 Å². The molecular formula is C15H27N3O3. The number of hydrogen-bond donors (Lipinski definition) is 2. The van der Waals surface area contributed by atoms with Gasteiger partial charge in [0.25, 0.3) is 0 Å². The Balaban J connectivity index is 4.50. The van der Waals surface area contributed by atoms with Gasteiger partial charge in [0.1, 0.15) is 0 Å². The van der Waals surface area contributed by atoms with Gasteiger partial charge in [-0.3, -0.25) is 4.79 Å². The van der Waals surface area contributed by atoms with Crippen LogP contribution < -0.4 is 5.32 Å². The summed E-state index contributed by atoms with van der Waals surface area (Å²) >= 11 is 0. The molecule has 0 saturated carbocycles. The number of rotatable bonds is 9. The minimum absolute atomic E-state index is 0.00127. The summed E-state index contributed by atoms with van der Waals surface area (Å²) in [6, 6.07) is 1.79. The highest BCUT2D eigenvalue weighted by Gasteiger charge is 2.20. The van der Waals surface area contributed by atoms with Crippen LogP contribution in [0, 0.1) is 23.2 Å². The molecule has 0 heterocycles. The van der Waals surface area contributed by atoms with Crippen molar-refractivity contribution in [2.75, 3.05) is 13.1 Å². The van der Waals surface area contributed by atoms with Crippen LogP contribution in [-0.2, 0) is 4.79 Å². The van der Waals surface area contributed by atoms with Crippen LogP contribution >= 0.6 is 0 Å². The van der Waals surface area contributed by atoms with Gasteiger partial charge >= 0.3 is 12.0 Å². The number of carbonyl (C=O) groups is 2. The summed E-state index contributed by atoms with van der Waals surface area (Å²) < 4.78 is 0. The van der Waals surface area contributed by atoms with E-state index in [0.29, 0.717) is 19.0 Å². The van der Waals surface area contributed by atoms with Gasteiger partial charge < -0.3 is 15.3 Å². The van der Waals surface area contributed by atoms with E-state index in [2.05, 4.69) is 5.32 Å². The molecule has 0 aliphatic rings. The van der Waals surface area contributed by atoms with Crippen molar-refractivity contribution in [3.05, 3.63) is 0 Å². The van der Waals surface area contributed by atoms with Crippen LogP contribution in [0.2, 0.25) is 0 Å². The fraction of sp³-hybridized carbons (Fsp3) is 0.800. The molecule has 2 N–H and O–H groups in total. The molecule has 2 amide bonds. The lowest BCUT2D eigenvalue weighted by molar-refractivity contribution is -0.138. The molecule has 0 spiro atoms. The van der Waals surface area contributed by atoms with Gasteiger partial charge in [-0.15, -0.1) is 0 Å². The van der Waals surface area contributed by atoms with E-state index in [1.807, 2.05) is 33.8 Å². The third-order valence-corrected chi connectivity index (χ3v) is 3.16. The second-order valence-electron chi connectivity index (χ2n) is 5.97. The quantitative estimate of drug-likeness (QED) is 0.683. The minimum Gasteiger partial charge on any atom is -0.481 e. The molecule has 0 radical (unpaired) electrons. The number of aliphatic carboxylic acids is 1. The van der Waals surface area contributed by atoms with E-state index in [9.17, 15) is 9.59 Å². The monoisotopic (exact) mass is 297 g/mol. The first kappa shape index (κ1) is 19.2. The number of carboxylic acid groups (broad SMARTS) is 1. The van der Waals surface area contributed by atoms with Crippen LogP contribution in [0.4, 0.5) is 4.79 Å². The molecule has 0 aromatic rings. The number of nitrogens with one attached hydrogen (secondary N) is 1. The molecule has 21 heavy (non-hydrogen) atoms. The van der Waals surface area contributed by atoms with Crippen molar-refractivity contribution >= 4 is 12.0 Å². The van der Waals surface area contributed by atoms with Gasteiger partial charge in [-0.2, -0.15) is 5.26 Å². The summed E-state index contributed by atoms with van der Waals surface area (Å²) in [5.74, 6) is -0.539. The first-order valence-electron chi connectivity index (χ1n) is 7.41. The average molecular weight is 297 g/mol. The molecule has 1 atom stereocenters. The van der Waals surface area contributed by atoms with Crippen molar-refractivity contribution < 1.29 is 14.7 Å². The zero-order chi connectivity index (χ0) is 16.4. The van der Waals surface area contributed by atoms with E-state index < -0.39 is 5.97 Å². The highest BCUT2D eigenvalue weighted by Crippen LogP contribution is 2.15. The van der Waals surface area contributed by atoms with Crippen molar-refractivity contribution in [1.29, 1.82) is 5.26 Å². The third-order valence-electron chi connectivity index (χ3n) is 3.16. The highest BCUT2D eigenvalue weighted by atomic mass is 16.4. The van der Waals surface area contributed by atoms with Crippen molar-refractivity contribution in [3.63, 3.8) is 0 Å². The number of nitriles is 1. The van der Waals surface area contributed by atoms with E-state index in [1.54, 1.807) is 4.90 Å². The van der Waals surface area contributed by atoms with Crippen LogP contribution in [0.25, 0.3) is 0 Å². The zero-order valence-electron chi connectivity index (χ0n) is 13.4. The summed E-state index contributed by atoms with van der Waals surface area (Å²) in [5.41, 5.74) is 0.